The SMILES string of the molecule is CC.CC1(C2CCC3C4CCC5=CC(=O)CCC5C4CCC32CC#N)OCCO1. The summed E-state index contributed by atoms with van der Waals surface area (Å²) in [5.41, 5.74) is 1.49. The van der Waals surface area contributed by atoms with Gasteiger partial charge in [-0.15, -0.1) is 0 Å². The van der Waals surface area contributed by atoms with Crippen molar-refractivity contribution in [3.05, 3.63) is 11.6 Å². The standard InChI is InChI=1S/C23H31NO3.C2H6/c1-22(26-12-13-27-22)21-7-6-20-19-4-2-15-14-16(25)3-5-17(15)18(19)8-9-23(20,21)10-11-24;1-2/h14,17-21H,2-10,12-13H2,1H3;1-2H3. The summed E-state index contributed by atoms with van der Waals surface area (Å²) in [5.74, 6) is 2.82. The number of ether oxygens (including phenoxy) is 2. The Morgan fingerprint density at radius 3 is 2.55 bits per heavy atom. The average molecular weight is 400 g/mol. The first-order chi connectivity index (χ1) is 14.1. The van der Waals surface area contributed by atoms with Crippen LogP contribution in [0.25, 0.3) is 0 Å². The molecule has 0 radical (unpaired) electrons. The largest absolute Gasteiger partial charge is 0.348 e. The number of ketones is 1. The molecule has 6 atom stereocenters. The second-order valence-electron chi connectivity index (χ2n) is 9.75. The van der Waals surface area contributed by atoms with E-state index in [0.29, 0.717) is 55.0 Å². The normalized spacial score (nSPS) is 42.5. The summed E-state index contributed by atoms with van der Waals surface area (Å²) in [7, 11) is 0. The highest BCUT2D eigenvalue weighted by Gasteiger charge is 2.63. The molecule has 1 saturated heterocycles. The van der Waals surface area contributed by atoms with Crippen molar-refractivity contribution in [2.24, 2.45) is 35.0 Å². The van der Waals surface area contributed by atoms with E-state index in [1.54, 1.807) is 0 Å². The van der Waals surface area contributed by atoms with Gasteiger partial charge in [-0.05, 0) is 87.0 Å². The van der Waals surface area contributed by atoms with Crippen LogP contribution in [0.4, 0.5) is 0 Å². The third-order valence-electron chi connectivity index (χ3n) is 8.92. The minimum absolute atomic E-state index is 0.0563. The quantitative estimate of drug-likeness (QED) is 0.621. The maximum Gasteiger partial charge on any atom is 0.169 e. The van der Waals surface area contributed by atoms with Crippen LogP contribution >= 0.6 is 0 Å². The molecule has 0 aromatic rings. The van der Waals surface area contributed by atoms with Crippen molar-refractivity contribution >= 4 is 5.78 Å². The molecule has 3 saturated carbocycles. The predicted molar refractivity (Wildman–Crippen MR) is 112 cm³/mol. The van der Waals surface area contributed by atoms with Crippen molar-refractivity contribution in [1.29, 1.82) is 5.26 Å². The lowest BCUT2D eigenvalue weighted by Crippen LogP contribution is -2.52. The molecule has 29 heavy (non-hydrogen) atoms. The van der Waals surface area contributed by atoms with E-state index in [0.717, 1.165) is 32.1 Å². The lowest BCUT2D eigenvalue weighted by molar-refractivity contribution is -0.216. The summed E-state index contributed by atoms with van der Waals surface area (Å²) in [4.78, 5) is 11.9. The summed E-state index contributed by atoms with van der Waals surface area (Å²) in [6, 6.07) is 2.56. The van der Waals surface area contributed by atoms with E-state index in [4.69, 9.17) is 9.47 Å². The Bertz CT molecular complexity index is 701. The van der Waals surface area contributed by atoms with Gasteiger partial charge in [0.2, 0.25) is 0 Å². The first kappa shape index (κ1) is 21.1. The third-order valence-corrected chi connectivity index (χ3v) is 8.92. The molecular weight excluding hydrogens is 362 g/mol. The molecule has 5 rings (SSSR count). The average Bonchev–Trinajstić information content (AvgIpc) is 3.34. The van der Waals surface area contributed by atoms with E-state index in [2.05, 4.69) is 13.0 Å². The maximum atomic E-state index is 11.9. The summed E-state index contributed by atoms with van der Waals surface area (Å²) >= 11 is 0. The van der Waals surface area contributed by atoms with Crippen LogP contribution < -0.4 is 0 Å². The topological polar surface area (TPSA) is 59.3 Å². The van der Waals surface area contributed by atoms with Crippen LogP contribution in [0.15, 0.2) is 11.6 Å². The van der Waals surface area contributed by atoms with Gasteiger partial charge in [0.05, 0.1) is 19.3 Å². The van der Waals surface area contributed by atoms with Crippen LogP contribution in [0.2, 0.25) is 0 Å². The molecule has 0 bridgehead atoms. The minimum atomic E-state index is -0.505. The molecule has 4 fully saturated rings. The molecule has 0 N–H and O–H groups in total. The van der Waals surface area contributed by atoms with Crippen LogP contribution in [0.1, 0.15) is 78.6 Å². The fourth-order valence-corrected chi connectivity index (χ4v) is 8.00. The van der Waals surface area contributed by atoms with Gasteiger partial charge in [-0.1, -0.05) is 19.4 Å². The molecule has 4 aliphatic carbocycles. The van der Waals surface area contributed by atoms with Gasteiger partial charge in [0.25, 0.3) is 0 Å². The lowest BCUT2D eigenvalue weighted by Gasteiger charge is -2.56. The van der Waals surface area contributed by atoms with Gasteiger partial charge in [0.1, 0.15) is 0 Å². The molecule has 0 amide bonds. The molecule has 6 unspecified atom stereocenters. The lowest BCUT2D eigenvalue weighted by atomic mass is 9.49. The second-order valence-corrected chi connectivity index (χ2v) is 9.75. The fraction of sp³-hybridized carbons (Fsp3) is 0.840. The molecule has 160 valence electrons. The van der Waals surface area contributed by atoms with Crippen LogP contribution in [0.5, 0.6) is 0 Å². The Labute approximate surface area is 176 Å². The van der Waals surface area contributed by atoms with E-state index in [1.165, 1.54) is 24.8 Å². The number of hydrogen-bond donors (Lipinski definition) is 0. The van der Waals surface area contributed by atoms with Gasteiger partial charge in [0.15, 0.2) is 11.6 Å². The number of nitriles is 1. The fourth-order valence-electron chi connectivity index (χ4n) is 8.00. The van der Waals surface area contributed by atoms with Crippen LogP contribution in [0, 0.1) is 46.3 Å². The van der Waals surface area contributed by atoms with Crippen molar-refractivity contribution in [1.82, 2.24) is 0 Å². The molecule has 1 heterocycles. The van der Waals surface area contributed by atoms with Gasteiger partial charge in [-0.3, -0.25) is 4.79 Å². The first-order valence-electron chi connectivity index (χ1n) is 12.0. The van der Waals surface area contributed by atoms with Crippen molar-refractivity contribution in [3.8, 4) is 6.07 Å². The van der Waals surface area contributed by atoms with E-state index in [-0.39, 0.29) is 5.41 Å². The molecule has 0 aromatic heterocycles. The number of rotatable bonds is 2. The van der Waals surface area contributed by atoms with Crippen molar-refractivity contribution in [3.63, 3.8) is 0 Å². The van der Waals surface area contributed by atoms with E-state index >= 15 is 0 Å². The predicted octanol–water partition coefficient (Wildman–Crippen LogP) is 5.43. The Morgan fingerprint density at radius 2 is 1.83 bits per heavy atom. The molecule has 0 aromatic carbocycles. The highest BCUT2D eigenvalue weighted by atomic mass is 16.7. The van der Waals surface area contributed by atoms with E-state index in [9.17, 15) is 10.1 Å². The third kappa shape index (κ3) is 3.29. The van der Waals surface area contributed by atoms with Gasteiger partial charge in [0, 0.05) is 18.8 Å². The maximum absolute atomic E-state index is 11.9. The second kappa shape index (κ2) is 8.16. The van der Waals surface area contributed by atoms with Crippen LogP contribution in [0.3, 0.4) is 0 Å². The number of carbonyl (C=O) groups excluding carboxylic acids is 1. The summed E-state index contributed by atoms with van der Waals surface area (Å²) in [6.45, 7) is 7.47. The molecule has 5 aliphatic rings. The molecule has 4 nitrogen and oxygen atoms in total. The monoisotopic (exact) mass is 399 g/mol. The Kier molecular flexibility index (Phi) is 5.93. The van der Waals surface area contributed by atoms with Crippen molar-refractivity contribution < 1.29 is 14.3 Å². The zero-order valence-electron chi connectivity index (χ0n) is 18.4. The Balaban J connectivity index is 0.000000994. The van der Waals surface area contributed by atoms with Crippen molar-refractivity contribution in [2.75, 3.05) is 13.2 Å². The number of hydrogen-bond acceptors (Lipinski definition) is 4. The summed E-state index contributed by atoms with van der Waals surface area (Å²) in [5, 5.41) is 9.74. The molecule has 1 aliphatic heterocycles. The van der Waals surface area contributed by atoms with Crippen LogP contribution in [-0.2, 0) is 14.3 Å². The number of fused-ring (bicyclic) bond motifs is 5. The highest BCUT2D eigenvalue weighted by molar-refractivity contribution is 5.91. The number of nitrogens with zero attached hydrogens (tertiary/aromatic N) is 1. The van der Waals surface area contributed by atoms with Gasteiger partial charge >= 0.3 is 0 Å². The number of carbonyl (C=O) groups is 1. The molecule has 4 heteroatoms. The van der Waals surface area contributed by atoms with Crippen LogP contribution in [-0.4, -0.2) is 24.8 Å². The zero-order chi connectivity index (χ0) is 20.6. The Hall–Kier alpha value is -1.18. The van der Waals surface area contributed by atoms with Crippen molar-refractivity contribution in [2.45, 2.75) is 84.3 Å². The van der Waals surface area contributed by atoms with Gasteiger partial charge in [-0.2, -0.15) is 5.26 Å². The highest BCUT2D eigenvalue weighted by Crippen LogP contribution is 2.67. The van der Waals surface area contributed by atoms with Gasteiger partial charge in [-0.25, -0.2) is 0 Å². The molecule has 0 spiro atoms. The summed E-state index contributed by atoms with van der Waals surface area (Å²) in [6.07, 6.45) is 11.3. The molecular formula is C25H37NO3. The van der Waals surface area contributed by atoms with E-state index in [1.807, 2.05) is 19.9 Å². The summed E-state index contributed by atoms with van der Waals surface area (Å²) < 4.78 is 12.2. The number of allylic oxidation sites excluding steroid dienone is 1. The van der Waals surface area contributed by atoms with E-state index < -0.39 is 5.79 Å². The van der Waals surface area contributed by atoms with Gasteiger partial charge < -0.3 is 9.47 Å². The minimum Gasteiger partial charge on any atom is -0.348 e. The Morgan fingerprint density at radius 1 is 1.07 bits per heavy atom. The zero-order valence-corrected chi connectivity index (χ0v) is 18.4. The smallest absolute Gasteiger partial charge is 0.169 e. The first-order valence-corrected chi connectivity index (χ1v) is 12.0.